The molecule has 0 N–H and O–H groups in total. The monoisotopic (exact) mass is 242 g/mol. The standard InChI is InChI=1S/C11H9F3N2O/c1-17-9-4-2-8(3-5-9)10-6-15-7-16(10)11(12,13)14/h2-7H,1H3. The predicted octanol–water partition coefficient (Wildman–Crippen LogP) is 3.04. The molecule has 0 bridgehead atoms. The number of imidazole rings is 1. The number of ether oxygens (including phenoxy) is 1. The summed E-state index contributed by atoms with van der Waals surface area (Å²) in [5.74, 6) is 0.590. The van der Waals surface area contributed by atoms with Gasteiger partial charge in [-0.3, -0.25) is 0 Å². The first kappa shape index (κ1) is 11.5. The summed E-state index contributed by atoms with van der Waals surface area (Å²) >= 11 is 0. The number of alkyl halides is 3. The van der Waals surface area contributed by atoms with Crippen LogP contribution in [-0.4, -0.2) is 16.7 Å². The van der Waals surface area contributed by atoms with Crippen LogP contribution in [0.4, 0.5) is 13.2 Å². The van der Waals surface area contributed by atoms with E-state index >= 15 is 0 Å². The molecule has 0 radical (unpaired) electrons. The van der Waals surface area contributed by atoms with Crippen molar-refractivity contribution in [1.82, 2.24) is 9.55 Å². The lowest BCUT2D eigenvalue weighted by atomic mass is 10.1. The molecule has 0 saturated heterocycles. The Bertz CT molecular complexity index is 502. The average Bonchev–Trinajstić information content (AvgIpc) is 2.78. The fraction of sp³-hybridized carbons (Fsp3) is 0.182. The Balaban J connectivity index is 2.43. The number of halogens is 3. The first-order valence-corrected chi connectivity index (χ1v) is 4.76. The number of hydrogen-bond donors (Lipinski definition) is 0. The van der Waals surface area contributed by atoms with Crippen LogP contribution in [0.2, 0.25) is 0 Å². The molecule has 1 aromatic carbocycles. The number of nitrogens with zero attached hydrogens (tertiary/aromatic N) is 2. The molecule has 0 atom stereocenters. The Kier molecular flexibility index (Phi) is 2.79. The summed E-state index contributed by atoms with van der Waals surface area (Å²) < 4.78 is 42.9. The van der Waals surface area contributed by atoms with Crippen molar-refractivity contribution in [3.63, 3.8) is 0 Å². The lowest BCUT2D eigenvalue weighted by molar-refractivity contribution is -0.202. The second-order valence-corrected chi connectivity index (χ2v) is 3.35. The third kappa shape index (κ3) is 2.25. The molecule has 1 aromatic heterocycles. The molecule has 3 nitrogen and oxygen atoms in total. The summed E-state index contributed by atoms with van der Waals surface area (Å²) in [6, 6.07) is 6.31. The summed E-state index contributed by atoms with van der Waals surface area (Å²) in [5.41, 5.74) is 0.431. The molecular formula is C11H9F3N2O. The highest BCUT2D eigenvalue weighted by atomic mass is 19.4. The first-order chi connectivity index (χ1) is 8.02. The lowest BCUT2D eigenvalue weighted by Crippen LogP contribution is -2.16. The van der Waals surface area contributed by atoms with Crippen molar-refractivity contribution in [2.45, 2.75) is 6.30 Å². The summed E-state index contributed by atoms with van der Waals surface area (Å²) in [4.78, 5) is 3.52. The maximum atomic E-state index is 12.6. The molecule has 1 heterocycles. The van der Waals surface area contributed by atoms with Crippen LogP contribution in [0.15, 0.2) is 36.8 Å². The summed E-state index contributed by atoms with van der Waals surface area (Å²) in [7, 11) is 1.50. The zero-order valence-electron chi connectivity index (χ0n) is 8.90. The van der Waals surface area contributed by atoms with Gasteiger partial charge in [-0.25, -0.2) is 9.55 Å². The van der Waals surface area contributed by atoms with Crippen molar-refractivity contribution < 1.29 is 17.9 Å². The normalized spacial score (nSPS) is 11.5. The first-order valence-electron chi connectivity index (χ1n) is 4.76. The van der Waals surface area contributed by atoms with Crippen LogP contribution in [0, 0.1) is 0 Å². The molecule has 6 heteroatoms. The highest BCUT2D eigenvalue weighted by molar-refractivity contribution is 5.60. The SMILES string of the molecule is COc1ccc(-c2cncn2C(F)(F)F)cc1. The molecule has 2 aromatic rings. The highest BCUT2D eigenvalue weighted by Crippen LogP contribution is 2.30. The topological polar surface area (TPSA) is 27.1 Å². The van der Waals surface area contributed by atoms with Gasteiger partial charge >= 0.3 is 6.30 Å². The van der Waals surface area contributed by atoms with Crippen molar-refractivity contribution in [1.29, 1.82) is 0 Å². The van der Waals surface area contributed by atoms with Crippen LogP contribution in [0.3, 0.4) is 0 Å². The molecule has 17 heavy (non-hydrogen) atoms. The summed E-state index contributed by atoms with van der Waals surface area (Å²) in [6.45, 7) is 0. The number of hydrogen-bond acceptors (Lipinski definition) is 2. The minimum absolute atomic E-state index is 0.000142. The van der Waals surface area contributed by atoms with E-state index in [0.717, 1.165) is 6.33 Å². The molecule has 0 aliphatic carbocycles. The Hall–Kier alpha value is -1.98. The van der Waals surface area contributed by atoms with Crippen LogP contribution in [0.5, 0.6) is 5.75 Å². The van der Waals surface area contributed by atoms with Gasteiger partial charge in [0, 0.05) is 5.56 Å². The number of methoxy groups -OCH3 is 1. The minimum atomic E-state index is -4.47. The van der Waals surface area contributed by atoms with Crippen LogP contribution in [-0.2, 0) is 6.30 Å². The molecule has 0 saturated carbocycles. The fourth-order valence-corrected chi connectivity index (χ4v) is 1.47. The summed E-state index contributed by atoms with van der Waals surface area (Å²) in [5, 5.41) is 0. The van der Waals surface area contributed by atoms with E-state index in [1.54, 1.807) is 24.3 Å². The lowest BCUT2D eigenvalue weighted by Gasteiger charge is -2.11. The van der Waals surface area contributed by atoms with Gasteiger partial charge in [0.25, 0.3) is 0 Å². The van der Waals surface area contributed by atoms with Gasteiger partial charge in [0.15, 0.2) is 0 Å². The minimum Gasteiger partial charge on any atom is -0.497 e. The Morgan fingerprint density at radius 3 is 2.35 bits per heavy atom. The Morgan fingerprint density at radius 2 is 1.82 bits per heavy atom. The second-order valence-electron chi connectivity index (χ2n) is 3.35. The molecule has 0 unspecified atom stereocenters. The van der Waals surface area contributed by atoms with E-state index in [4.69, 9.17) is 4.74 Å². The van der Waals surface area contributed by atoms with E-state index in [9.17, 15) is 13.2 Å². The Morgan fingerprint density at radius 1 is 1.18 bits per heavy atom. The van der Waals surface area contributed by atoms with Crippen LogP contribution in [0.25, 0.3) is 11.3 Å². The molecular weight excluding hydrogens is 233 g/mol. The second kappa shape index (κ2) is 4.12. The third-order valence-corrected chi connectivity index (χ3v) is 2.30. The van der Waals surface area contributed by atoms with E-state index in [2.05, 4.69) is 4.98 Å². The largest absolute Gasteiger partial charge is 0.497 e. The van der Waals surface area contributed by atoms with Crippen LogP contribution < -0.4 is 4.74 Å². The van der Waals surface area contributed by atoms with Crippen LogP contribution in [0.1, 0.15) is 0 Å². The fourth-order valence-electron chi connectivity index (χ4n) is 1.47. The molecule has 0 aliphatic rings. The van der Waals surface area contributed by atoms with Crippen molar-refractivity contribution in [3.8, 4) is 17.0 Å². The van der Waals surface area contributed by atoms with Gasteiger partial charge in [-0.15, -0.1) is 13.2 Å². The molecule has 0 spiro atoms. The smallest absolute Gasteiger partial charge is 0.490 e. The van der Waals surface area contributed by atoms with Crippen molar-refractivity contribution in [3.05, 3.63) is 36.8 Å². The number of aromatic nitrogens is 2. The van der Waals surface area contributed by atoms with E-state index in [0.29, 0.717) is 11.3 Å². The van der Waals surface area contributed by atoms with Gasteiger partial charge in [-0.2, -0.15) is 0 Å². The van der Waals surface area contributed by atoms with Crippen molar-refractivity contribution in [2.24, 2.45) is 0 Å². The van der Waals surface area contributed by atoms with Crippen molar-refractivity contribution >= 4 is 0 Å². The molecule has 0 aliphatic heterocycles. The molecule has 90 valence electrons. The molecule has 0 amide bonds. The van der Waals surface area contributed by atoms with Gasteiger partial charge in [0.2, 0.25) is 0 Å². The molecule has 0 fully saturated rings. The van der Waals surface area contributed by atoms with E-state index in [1.807, 2.05) is 0 Å². The van der Waals surface area contributed by atoms with Crippen LogP contribution >= 0.6 is 0 Å². The van der Waals surface area contributed by atoms with E-state index in [1.165, 1.54) is 13.3 Å². The third-order valence-electron chi connectivity index (χ3n) is 2.30. The van der Waals surface area contributed by atoms with Gasteiger partial charge in [0.05, 0.1) is 19.0 Å². The predicted molar refractivity (Wildman–Crippen MR) is 55.5 cm³/mol. The highest BCUT2D eigenvalue weighted by Gasteiger charge is 2.32. The van der Waals surface area contributed by atoms with E-state index in [-0.39, 0.29) is 10.3 Å². The summed E-state index contributed by atoms with van der Waals surface area (Å²) in [6.07, 6.45) is -2.54. The van der Waals surface area contributed by atoms with Gasteiger partial charge in [-0.05, 0) is 24.3 Å². The number of benzene rings is 1. The van der Waals surface area contributed by atoms with E-state index < -0.39 is 6.30 Å². The van der Waals surface area contributed by atoms with Gasteiger partial charge in [-0.1, -0.05) is 0 Å². The van der Waals surface area contributed by atoms with Gasteiger partial charge < -0.3 is 4.74 Å². The van der Waals surface area contributed by atoms with Crippen molar-refractivity contribution in [2.75, 3.05) is 7.11 Å². The maximum absolute atomic E-state index is 12.6. The maximum Gasteiger partial charge on any atom is 0.490 e. The zero-order chi connectivity index (χ0) is 12.5. The van der Waals surface area contributed by atoms with Gasteiger partial charge in [0.1, 0.15) is 12.1 Å². The number of rotatable bonds is 2. The molecule has 2 rings (SSSR count). The average molecular weight is 242 g/mol. The Labute approximate surface area is 95.5 Å². The quantitative estimate of drug-likeness (QED) is 0.809. The zero-order valence-corrected chi connectivity index (χ0v) is 8.90.